The van der Waals surface area contributed by atoms with Crippen LogP contribution in [0.5, 0.6) is 0 Å². The summed E-state index contributed by atoms with van der Waals surface area (Å²) in [4.78, 5) is 20.6. The zero-order valence-electron chi connectivity index (χ0n) is 14.6. The molecule has 0 aromatic carbocycles. The summed E-state index contributed by atoms with van der Waals surface area (Å²) in [6.45, 7) is 6.84. The summed E-state index contributed by atoms with van der Waals surface area (Å²) in [7, 11) is 1.98. The SMILES string of the molecule is Cc1cc(C)n(C2CCN(C(=O)CN(C)Cc3ccncc3)C2)n1. The van der Waals surface area contributed by atoms with Crippen molar-refractivity contribution in [1.29, 1.82) is 0 Å². The molecule has 0 radical (unpaired) electrons. The Balaban J connectivity index is 1.54. The third kappa shape index (κ3) is 3.82. The molecule has 1 saturated heterocycles. The van der Waals surface area contributed by atoms with Gasteiger partial charge in [-0.2, -0.15) is 5.10 Å². The number of nitrogens with zero attached hydrogens (tertiary/aromatic N) is 5. The highest BCUT2D eigenvalue weighted by molar-refractivity contribution is 5.78. The number of rotatable bonds is 5. The number of aromatic nitrogens is 3. The van der Waals surface area contributed by atoms with Crippen LogP contribution in [0.1, 0.15) is 29.4 Å². The minimum absolute atomic E-state index is 0.190. The van der Waals surface area contributed by atoms with Crippen LogP contribution in [0.25, 0.3) is 0 Å². The van der Waals surface area contributed by atoms with Gasteiger partial charge in [0, 0.05) is 37.7 Å². The highest BCUT2D eigenvalue weighted by Crippen LogP contribution is 2.23. The Labute approximate surface area is 143 Å². The predicted octanol–water partition coefficient (Wildman–Crippen LogP) is 1.80. The van der Waals surface area contributed by atoms with Gasteiger partial charge in [0.15, 0.2) is 0 Å². The first kappa shape index (κ1) is 16.6. The molecule has 1 aliphatic heterocycles. The molecule has 3 rings (SSSR count). The van der Waals surface area contributed by atoms with E-state index < -0.39 is 0 Å². The van der Waals surface area contributed by atoms with Crippen LogP contribution in [0.2, 0.25) is 0 Å². The average molecular weight is 327 g/mol. The molecule has 2 aromatic heterocycles. The molecule has 6 nitrogen and oxygen atoms in total. The predicted molar refractivity (Wildman–Crippen MR) is 92.5 cm³/mol. The van der Waals surface area contributed by atoms with E-state index in [1.54, 1.807) is 12.4 Å². The fourth-order valence-corrected chi connectivity index (χ4v) is 3.37. The van der Waals surface area contributed by atoms with Crippen molar-refractivity contribution >= 4 is 5.91 Å². The van der Waals surface area contributed by atoms with Crippen molar-refractivity contribution in [2.45, 2.75) is 32.9 Å². The Kier molecular flexibility index (Phi) is 4.94. The Morgan fingerprint density at radius 2 is 2.08 bits per heavy atom. The summed E-state index contributed by atoms with van der Waals surface area (Å²) in [5.74, 6) is 0.190. The van der Waals surface area contributed by atoms with Crippen molar-refractivity contribution in [3.8, 4) is 0 Å². The van der Waals surface area contributed by atoms with Crippen LogP contribution in [0, 0.1) is 13.8 Å². The fourth-order valence-electron chi connectivity index (χ4n) is 3.37. The second kappa shape index (κ2) is 7.13. The van der Waals surface area contributed by atoms with Crippen molar-refractivity contribution in [3.05, 3.63) is 47.5 Å². The third-order valence-electron chi connectivity index (χ3n) is 4.51. The summed E-state index contributed by atoms with van der Waals surface area (Å²) in [5, 5.41) is 4.57. The van der Waals surface area contributed by atoms with Gasteiger partial charge in [0.05, 0.1) is 18.3 Å². The molecule has 1 aliphatic rings. The molecule has 1 atom stereocenters. The molecule has 24 heavy (non-hydrogen) atoms. The topological polar surface area (TPSA) is 54.3 Å². The number of hydrogen-bond acceptors (Lipinski definition) is 4. The van der Waals surface area contributed by atoms with E-state index in [1.807, 2.05) is 35.9 Å². The number of carbonyl (C=O) groups excluding carboxylic acids is 1. The van der Waals surface area contributed by atoms with Gasteiger partial charge < -0.3 is 4.90 Å². The molecule has 1 unspecified atom stereocenters. The molecule has 0 bridgehead atoms. The van der Waals surface area contributed by atoms with Crippen LogP contribution in [-0.2, 0) is 11.3 Å². The number of amides is 1. The first-order chi connectivity index (χ1) is 11.5. The molecule has 1 fully saturated rings. The smallest absolute Gasteiger partial charge is 0.236 e. The maximum atomic E-state index is 12.6. The van der Waals surface area contributed by atoms with Crippen molar-refractivity contribution < 1.29 is 4.79 Å². The number of likely N-dealkylation sites (tertiary alicyclic amines) is 1. The van der Waals surface area contributed by atoms with Crippen LogP contribution >= 0.6 is 0 Å². The molecule has 2 aromatic rings. The maximum Gasteiger partial charge on any atom is 0.236 e. The lowest BCUT2D eigenvalue weighted by Gasteiger charge is -2.22. The van der Waals surface area contributed by atoms with Crippen LogP contribution in [0.4, 0.5) is 0 Å². The Hall–Kier alpha value is -2.21. The van der Waals surface area contributed by atoms with Crippen LogP contribution in [0.15, 0.2) is 30.6 Å². The molecule has 0 aliphatic carbocycles. The molecular formula is C18H25N5O. The van der Waals surface area contributed by atoms with Crippen LogP contribution in [-0.4, -0.2) is 57.2 Å². The third-order valence-corrected chi connectivity index (χ3v) is 4.51. The van der Waals surface area contributed by atoms with Gasteiger partial charge in [-0.25, -0.2) is 0 Å². The molecule has 128 valence electrons. The number of aryl methyl sites for hydroxylation is 2. The van der Waals surface area contributed by atoms with Crippen molar-refractivity contribution in [3.63, 3.8) is 0 Å². The largest absolute Gasteiger partial charge is 0.339 e. The van der Waals surface area contributed by atoms with Gasteiger partial charge in [0.2, 0.25) is 5.91 Å². The number of carbonyl (C=O) groups is 1. The van der Waals surface area contributed by atoms with Crippen LogP contribution < -0.4 is 0 Å². The highest BCUT2D eigenvalue weighted by atomic mass is 16.2. The van der Waals surface area contributed by atoms with E-state index >= 15 is 0 Å². The van der Waals surface area contributed by atoms with Crippen molar-refractivity contribution in [1.82, 2.24) is 24.6 Å². The van der Waals surface area contributed by atoms with Gasteiger partial charge in [0.25, 0.3) is 0 Å². The summed E-state index contributed by atoms with van der Waals surface area (Å²) >= 11 is 0. The normalized spacial score (nSPS) is 17.7. The lowest BCUT2D eigenvalue weighted by molar-refractivity contribution is -0.131. The zero-order chi connectivity index (χ0) is 17.1. The second-order valence-electron chi connectivity index (χ2n) is 6.68. The zero-order valence-corrected chi connectivity index (χ0v) is 14.6. The molecule has 3 heterocycles. The standard InChI is InChI=1S/C18H25N5O/c1-14-10-15(2)23(20-14)17-6-9-22(12-17)18(24)13-21(3)11-16-4-7-19-8-5-16/h4-5,7-8,10,17H,6,9,11-13H2,1-3H3. The van der Waals surface area contributed by atoms with Gasteiger partial charge >= 0.3 is 0 Å². The minimum Gasteiger partial charge on any atom is -0.339 e. The number of pyridine rings is 1. The van der Waals surface area contributed by atoms with Crippen molar-refractivity contribution in [2.24, 2.45) is 0 Å². The molecule has 1 amide bonds. The molecular weight excluding hydrogens is 302 g/mol. The Bertz CT molecular complexity index is 697. The van der Waals surface area contributed by atoms with E-state index in [4.69, 9.17) is 0 Å². The average Bonchev–Trinajstić information content (AvgIpc) is 3.14. The van der Waals surface area contributed by atoms with E-state index in [1.165, 1.54) is 11.3 Å². The first-order valence-electron chi connectivity index (χ1n) is 8.41. The van der Waals surface area contributed by atoms with E-state index in [0.717, 1.165) is 31.7 Å². The quantitative estimate of drug-likeness (QED) is 0.840. The van der Waals surface area contributed by atoms with Gasteiger partial charge in [-0.05, 0) is 51.1 Å². The van der Waals surface area contributed by atoms with Gasteiger partial charge in [-0.1, -0.05) is 0 Å². The lowest BCUT2D eigenvalue weighted by Crippen LogP contribution is -2.37. The maximum absolute atomic E-state index is 12.6. The van der Waals surface area contributed by atoms with Gasteiger partial charge in [-0.15, -0.1) is 0 Å². The molecule has 6 heteroatoms. The number of hydrogen-bond donors (Lipinski definition) is 0. The highest BCUT2D eigenvalue weighted by Gasteiger charge is 2.29. The summed E-state index contributed by atoms with van der Waals surface area (Å²) in [5.41, 5.74) is 3.37. The fraction of sp³-hybridized carbons (Fsp3) is 0.500. The van der Waals surface area contributed by atoms with Crippen molar-refractivity contribution in [2.75, 3.05) is 26.7 Å². The second-order valence-corrected chi connectivity index (χ2v) is 6.68. The molecule has 0 saturated carbocycles. The first-order valence-corrected chi connectivity index (χ1v) is 8.41. The number of likely N-dealkylation sites (N-methyl/N-ethyl adjacent to an activating group) is 1. The molecule has 0 N–H and O–H groups in total. The van der Waals surface area contributed by atoms with E-state index in [-0.39, 0.29) is 5.91 Å². The monoisotopic (exact) mass is 327 g/mol. The van der Waals surface area contributed by atoms with Gasteiger partial charge in [0.1, 0.15) is 0 Å². The minimum atomic E-state index is 0.190. The Morgan fingerprint density at radius 1 is 1.33 bits per heavy atom. The summed E-state index contributed by atoms with van der Waals surface area (Å²) in [6.07, 6.45) is 4.54. The Morgan fingerprint density at radius 3 is 2.75 bits per heavy atom. The summed E-state index contributed by atoms with van der Waals surface area (Å²) < 4.78 is 2.07. The summed E-state index contributed by atoms with van der Waals surface area (Å²) in [6, 6.07) is 6.35. The van der Waals surface area contributed by atoms with E-state index in [2.05, 4.69) is 27.8 Å². The van der Waals surface area contributed by atoms with E-state index in [9.17, 15) is 4.79 Å². The van der Waals surface area contributed by atoms with Crippen LogP contribution in [0.3, 0.4) is 0 Å². The van der Waals surface area contributed by atoms with E-state index in [0.29, 0.717) is 12.6 Å². The molecule has 0 spiro atoms. The lowest BCUT2D eigenvalue weighted by atomic mass is 10.2. The van der Waals surface area contributed by atoms with Gasteiger partial charge in [-0.3, -0.25) is 19.4 Å².